The van der Waals surface area contributed by atoms with Gasteiger partial charge in [0.25, 0.3) is 0 Å². The molecule has 8 nitrogen and oxygen atoms in total. The fraction of sp³-hybridized carbons (Fsp3) is 0.381. The van der Waals surface area contributed by atoms with Gasteiger partial charge in [0.05, 0.1) is 31.5 Å². The number of carbonyl (C=O) groups excluding carboxylic acids is 4. The molecule has 2 saturated carbocycles. The van der Waals surface area contributed by atoms with E-state index >= 15 is 9.59 Å². The highest BCUT2D eigenvalue weighted by atomic mass is 16.5. The maximum absolute atomic E-state index is 15.2. The van der Waals surface area contributed by atoms with E-state index < -0.39 is 35.0 Å². The van der Waals surface area contributed by atoms with Gasteiger partial charge < -0.3 is 14.6 Å². The van der Waals surface area contributed by atoms with E-state index in [2.05, 4.69) is 0 Å². The van der Waals surface area contributed by atoms with E-state index in [1.165, 1.54) is 26.4 Å². The van der Waals surface area contributed by atoms with Crippen LogP contribution in [0.1, 0.15) is 67.6 Å². The first kappa shape index (κ1) is 32.2. The third-order valence-corrected chi connectivity index (χ3v) is 12.2. The second-order valence-electron chi connectivity index (χ2n) is 14.4. The van der Waals surface area contributed by atoms with E-state index in [0.29, 0.717) is 40.2 Å². The van der Waals surface area contributed by atoms with Gasteiger partial charge in [0.2, 0.25) is 11.8 Å². The number of allylic oxidation sites excluding steroid dienone is 4. The van der Waals surface area contributed by atoms with Crippen LogP contribution >= 0.6 is 0 Å². The zero-order chi connectivity index (χ0) is 34.7. The monoisotopic (exact) mass is 671 g/mol. The van der Waals surface area contributed by atoms with Crippen molar-refractivity contribution in [3.63, 3.8) is 0 Å². The van der Waals surface area contributed by atoms with Gasteiger partial charge in [0.1, 0.15) is 17.2 Å². The number of Topliss-reactive ketones (excluding diaryl/α,β-unsaturated/α-hetero) is 1. The molecule has 1 N–H and O–H groups in total. The Labute approximate surface area is 291 Å². The Morgan fingerprint density at radius 1 is 0.820 bits per heavy atom. The van der Waals surface area contributed by atoms with Gasteiger partial charge in [-0.3, -0.25) is 24.1 Å². The molecule has 3 aromatic rings. The van der Waals surface area contributed by atoms with Crippen LogP contribution in [-0.2, 0) is 24.6 Å². The summed E-state index contributed by atoms with van der Waals surface area (Å²) in [5.74, 6) is -3.71. The van der Waals surface area contributed by atoms with Gasteiger partial charge in [-0.2, -0.15) is 0 Å². The predicted molar refractivity (Wildman–Crippen MR) is 187 cm³/mol. The van der Waals surface area contributed by atoms with Crippen LogP contribution in [0.4, 0.5) is 0 Å². The van der Waals surface area contributed by atoms with Crippen molar-refractivity contribution in [2.45, 2.75) is 62.3 Å². The third-order valence-electron chi connectivity index (χ3n) is 12.2. The van der Waals surface area contributed by atoms with E-state index in [1.807, 2.05) is 66.7 Å². The topological polar surface area (TPSA) is 110 Å². The van der Waals surface area contributed by atoms with Gasteiger partial charge in [-0.15, -0.1) is 0 Å². The van der Waals surface area contributed by atoms with Gasteiger partial charge in [-0.1, -0.05) is 91.6 Å². The summed E-state index contributed by atoms with van der Waals surface area (Å²) in [6, 6.07) is 21.6. The van der Waals surface area contributed by atoms with Crippen molar-refractivity contribution in [3.8, 4) is 17.2 Å². The largest absolute Gasteiger partial charge is 0.507 e. The van der Waals surface area contributed by atoms with Crippen LogP contribution in [0.3, 0.4) is 0 Å². The van der Waals surface area contributed by atoms with Crippen LogP contribution in [0.25, 0.3) is 5.57 Å². The number of nitrogens with zero attached hydrogens (tertiary/aromatic N) is 1. The van der Waals surface area contributed by atoms with Gasteiger partial charge in [-0.05, 0) is 48.8 Å². The average Bonchev–Trinajstić information content (AvgIpc) is 3.41. The smallest absolute Gasteiger partial charge is 0.233 e. The summed E-state index contributed by atoms with van der Waals surface area (Å²) in [6.45, 7) is 0. The molecule has 5 aliphatic rings. The molecule has 3 aromatic carbocycles. The molecule has 1 heterocycles. The van der Waals surface area contributed by atoms with Crippen LogP contribution < -0.4 is 9.47 Å². The number of rotatable bonds is 6. The number of ether oxygens (including phenoxy) is 2. The summed E-state index contributed by atoms with van der Waals surface area (Å²) >= 11 is 0. The zero-order valence-corrected chi connectivity index (χ0v) is 28.3. The van der Waals surface area contributed by atoms with Gasteiger partial charge in [0.15, 0.2) is 11.6 Å². The van der Waals surface area contributed by atoms with Crippen molar-refractivity contribution in [1.29, 1.82) is 0 Å². The van der Waals surface area contributed by atoms with E-state index in [-0.39, 0.29) is 41.6 Å². The third kappa shape index (κ3) is 4.63. The zero-order valence-electron chi connectivity index (χ0n) is 28.3. The van der Waals surface area contributed by atoms with Gasteiger partial charge in [0, 0.05) is 41.1 Å². The Morgan fingerprint density at radius 2 is 1.52 bits per heavy atom. The molecule has 3 fully saturated rings. The summed E-state index contributed by atoms with van der Waals surface area (Å²) in [4.78, 5) is 60.6. The van der Waals surface area contributed by atoms with Crippen LogP contribution in [0.5, 0.6) is 17.2 Å². The highest BCUT2D eigenvalue weighted by Gasteiger charge is 2.67. The lowest BCUT2D eigenvalue weighted by Crippen LogP contribution is -2.59. The van der Waals surface area contributed by atoms with Crippen molar-refractivity contribution >= 4 is 29.0 Å². The number of aromatic hydroxyl groups is 1. The molecule has 6 unspecified atom stereocenters. The van der Waals surface area contributed by atoms with Crippen molar-refractivity contribution in [2.75, 3.05) is 14.2 Å². The number of amides is 2. The molecule has 1 aliphatic heterocycles. The lowest BCUT2D eigenvalue weighted by molar-refractivity contribution is -0.144. The number of phenolic OH excluding ortho intramolecular Hbond substituents is 1. The summed E-state index contributed by atoms with van der Waals surface area (Å²) in [6.07, 6.45) is 8.71. The lowest BCUT2D eigenvalue weighted by atomic mass is 9.44. The summed E-state index contributed by atoms with van der Waals surface area (Å²) in [7, 11) is 2.99. The number of phenols is 1. The number of ketones is 2. The molecule has 0 spiro atoms. The van der Waals surface area contributed by atoms with E-state index in [4.69, 9.17) is 9.47 Å². The minimum Gasteiger partial charge on any atom is -0.507 e. The molecular weight excluding hydrogens is 630 g/mol. The predicted octanol–water partition coefficient (Wildman–Crippen LogP) is 6.57. The molecule has 2 amide bonds. The van der Waals surface area contributed by atoms with Crippen LogP contribution in [0.15, 0.2) is 90.5 Å². The highest BCUT2D eigenvalue weighted by molar-refractivity contribution is 6.31. The summed E-state index contributed by atoms with van der Waals surface area (Å²) in [5.41, 5.74) is 1.29. The Morgan fingerprint density at radius 3 is 2.20 bits per heavy atom. The first-order chi connectivity index (χ1) is 24.3. The second-order valence-corrected chi connectivity index (χ2v) is 14.4. The number of carbonyl (C=O) groups is 4. The summed E-state index contributed by atoms with van der Waals surface area (Å²) in [5, 5.41) is 11.9. The Bertz CT molecular complexity index is 1940. The first-order valence-corrected chi connectivity index (χ1v) is 17.7. The Kier molecular flexibility index (Phi) is 8.00. The molecule has 8 heteroatoms. The SMILES string of the molecule is COc1cc(O)c(C2C3=CCC4C(=O)N(C5CCCCC5)C(=O)C4C3CC3C(=O)C(c4ccccc4)=CC(=O)C32c2ccccc2)c(OC)c1. The maximum Gasteiger partial charge on any atom is 0.233 e. The number of likely N-dealkylation sites (tertiary alicyclic amines) is 1. The molecule has 0 radical (unpaired) electrons. The number of imide groups is 1. The molecule has 1 saturated heterocycles. The fourth-order valence-electron chi connectivity index (χ4n) is 10.1. The number of fused-ring (bicyclic) bond motifs is 4. The number of hydrogen-bond acceptors (Lipinski definition) is 7. The molecule has 4 aliphatic carbocycles. The molecule has 256 valence electrons. The molecular formula is C42H41NO7. The standard InChI is InChI=1S/C42H41NO7/c1-49-27-20-33(44)37(34(21-27)50-2)38-28-18-19-29-36(41(48)43(40(29)47)26-16-10-5-11-17-26)31(28)22-32-39(46)30(24-12-6-3-7-13-24)23-35(45)42(32,38)25-14-8-4-9-15-25/h3-4,6-9,12-15,18,20-21,23,26,29,31-32,36,38,44H,5,10-11,16-17,19,22H2,1-2H3. The first-order valence-electron chi connectivity index (χ1n) is 17.7. The van der Waals surface area contributed by atoms with Crippen molar-refractivity contribution in [2.24, 2.45) is 23.7 Å². The average molecular weight is 672 g/mol. The number of methoxy groups -OCH3 is 2. The number of hydrogen-bond donors (Lipinski definition) is 1. The fourth-order valence-corrected chi connectivity index (χ4v) is 10.1. The van der Waals surface area contributed by atoms with E-state index in [1.54, 1.807) is 11.0 Å². The molecule has 0 bridgehead atoms. The van der Waals surface area contributed by atoms with Crippen LogP contribution in [0, 0.1) is 23.7 Å². The summed E-state index contributed by atoms with van der Waals surface area (Å²) < 4.78 is 11.4. The van der Waals surface area contributed by atoms with Crippen LogP contribution in [0.2, 0.25) is 0 Å². The van der Waals surface area contributed by atoms with Crippen molar-refractivity contribution < 1.29 is 33.8 Å². The van der Waals surface area contributed by atoms with Gasteiger partial charge in [-0.25, -0.2) is 0 Å². The number of benzene rings is 3. The minimum atomic E-state index is -1.47. The highest BCUT2D eigenvalue weighted by Crippen LogP contribution is 2.65. The molecule has 0 aromatic heterocycles. The quantitative estimate of drug-likeness (QED) is 0.233. The van der Waals surface area contributed by atoms with E-state index in [9.17, 15) is 14.7 Å². The molecule has 8 rings (SSSR count). The van der Waals surface area contributed by atoms with Crippen LogP contribution in [-0.4, -0.2) is 53.6 Å². The Balaban J connectivity index is 1.38. The minimum absolute atomic E-state index is 0.114. The molecule has 6 atom stereocenters. The van der Waals surface area contributed by atoms with Crippen molar-refractivity contribution in [3.05, 3.63) is 107 Å². The molecule has 50 heavy (non-hydrogen) atoms. The maximum atomic E-state index is 15.2. The van der Waals surface area contributed by atoms with E-state index in [0.717, 1.165) is 37.7 Å². The lowest BCUT2D eigenvalue weighted by Gasteiger charge is -2.55. The normalized spacial score (nSPS) is 29.5. The van der Waals surface area contributed by atoms with Crippen molar-refractivity contribution in [1.82, 2.24) is 4.90 Å². The second kappa shape index (κ2) is 12.4. The van der Waals surface area contributed by atoms with Gasteiger partial charge >= 0.3 is 0 Å². The Hall–Kier alpha value is -4.98.